The Morgan fingerprint density at radius 2 is 2.00 bits per heavy atom. The minimum Gasteiger partial charge on any atom is -0.355 e. The third-order valence-corrected chi connectivity index (χ3v) is 3.99. The molecule has 1 amide bonds. The number of rotatable bonds is 5. The summed E-state index contributed by atoms with van der Waals surface area (Å²) in [5.41, 5.74) is 6.18. The van der Waals surface area contributed by atoms with E-state index in [9.17, 15) is 4.79 Å². The van der Waals surface area contributed by atoms with Gasteiger partial charge in [-0.15, -0.1) is 0 Å². The van der Waals surface area contributed by atoms with Crippen molar-refractivity contribution in [2.75, 3.05) is 27.2 Å². The average molecular weight is 269 g/mol. The van der Waals surface area contributed by atoms with Crippen LogP contribution >= 0.6 is 0 Å². The van der Waals surface area contributed by atoms with E-state index in [0.717, 1.165) is 25.8 Å². The molecular formula is C15H31N3O. The number of carbonyl (C=O) groups excluding carboxylic acids is 1. The van der Waals surface area contributed by atoms with Crippen molar-refractivity contribution in [3.8, 4) is 0 Å². The Balaban J connectivity index is 2.46. The van der Waals surface area contributed by atoms with Gasteiger partial charge in [-0.1, -0.05) is 20.8 Å². The molecule has 0 saturated heterocycles. The predicted molar refractivity (Wildman–Crippen MR) is 79.8 cm³/mol. The average Bonchev–Trinajstić information content (AvgIpc) is 2.27. The molecule has 1 aliphatic carbocycles. The fourth-order valence-corrected chi connectivity index (χ4v) is 3.08. The lowest BCUT2D eigenvalue weighted by Crippen LogP contribution is -2.48. The van der Waals surface area contributed by atoms with Crippen LogP contribution in [0.4, 0.5) is 0 Å². The highest BCUT2D eigenvalue weighted by Crippen LogP contribution is 2.28. The van der Waals surface area contributed by atoms with Gasteiger partial charge in [-0.3, -0.25) is 4.79 Å². The van der Waals surface area contributed by atoms with Crippen LogP contribution in [0.25, 0.3) is 0 Å². The second-order valence-electron chi connectivity index (χ2n) is 7.31. The summed E-state index contributed by atoms with van der Waals surface area (Å²) in [4.78, 5) is 14.4. The third-order valence-electron chi connectivity index (χ3n) is 3.99. The van der Waals surface area contributed by atoms with Crippen molar-refractivity contribution in [2.24, 2.45) is 23.0 Å². The summed E-state index contributed by atoms with van der Waals surface area (Å²) in [6, 6.07) is 0.0353. The Labute approximate surface area is 118 Å². The van der Waals surface area contributed by atoms with Crippen LogP contribution in [0.5, 0.6) is 0 Å². The van der Waals surface area contributed by atoms with Crippen molar-refractivity contribution in [2.45, 2.75) is 46.1 Å². The SMILES string of the molecule is CC1CCC(N)C(C(=O)NCC(C)(C)CN(C)C)C1. The van der Waals surface area contributed by atoms with E-state index in [1.165, 1.54) is 0 Å². The Kier molecular flexibility index (Phi) is 5.81. The van der Waals surface area contributed by atoms with E-state index in [0.29, 0.717) is 12.5 Å². The normalized spacial score (nSPS) is 28.5. The molecule has 112 valence electrons. The van der Waals surface area contributed by atoms with Crippen LogP contribution in [0.15, 0.2) is 0 Å². The summed E-state index contributed by atoms with van der Waals surface area (Å²) in [5.74, 6) is 0.759. The molecule has 0 radical (unpaired) electrons. The van der Waals surface area contributed by atoms with Crippen LogP contribution in [0.2, 0.25) is 0 Å². The Bertz CT molecular complexity index is 302. The van der Waals surface area contributed by atoms with Crippen LogP contribution in [0.3, 0.4) is 0 Å². The minimum atomic E-state index is -0.00101. The Morgan fingerprint density at radius 3 is 2.58 bits per heavy atom. The summed E-state index contributed by atoms with van der Waals surface area (Å²) in [6.45, 7) is 8.23. The zero-order chi connectivity index (χ0) is 14.6. The smallest absolute Gasteiger partial charge is 0.224 e. The minimum absolute atomic E-state index is 0.00101. The molecule has 3 atom stereocenters. The number of nitrogens with one attached hydrogen (secondary N) is 1. The summed E-state index contributed by atoms with van der Waals surface area (Å²) >= 11 is 0. The van der Waals surface area contributed by atoms with Gasteiger partial charge in [0.1, 0.15) is 0 Å². The maximum absolute atomic E-state index is 12.3. The van der Waals surface area contributed by atoms with E-state index in [1.807, 2.05) is 0 Å². The Morgan fingerprint density at radius 1 is 1.37 bits per heavy atom. The number of nitrogens with zero attached hydrogens (tertiary/aromatic N) is 1. The summed E-state index contributed by atoms with van der Waals surface area (Å²) in [6.07, 6.45) is 3.05. The van der Waals surface area contributed by atoms with Crippen LogP contribution < -0.4 is 11.1 Å². The van der Waals surface area contributed by atoms with Crippen LogP contribution in [0, 0.1) is 17.3 Å². The lowest BCUT2D eigenvalue weighted by Gasteiger charge is -2.33. The summed E-state index contributed by atoms with van der Waals surface area (Å²) < 4.78 is 0. The van der Waals surface area contributed by atoms with E-state index in [-0.39, 0.29) is 23.3 Å². The molecule has 1 rings (SSSR count). The molecule has 0 aliphatic heterocycles. The van der Waals surface area contributed by atoms with Crippen molar-refractivity contribution in [1.29, 1.82) is 0 Å². The topological polar surface area (TPSA) is 58.4 Å². The van der Waals surface area contributed by atoms with Gasteiger partial charge in [0.05, 0.1) is 5.92 Å². The zero-order valence-electron chi connectivity index (χ0n) is 13.2. The third kappa shape index (κ3) is 5.49. The second kappa shape index (κ2) is 6.71. The molecule has 0 aromatic carbocycles. The van der Waals surface area contributed by atoms with Gasteiger partial charge in [0, 0.05) is 19.1 Å². The predicted octanol–water partition coefficient (Wildman–Crippen LogP) is 1.45. The molecule has 19 heavy (non-hydrogen) atoms. The maximum Gasteiger partial charge on any atom is 0.224 e. The van der Waals surface area contributed by atoms with E-state index >= 15 is 0 Å². The van der Waals surface area contributed by atoms with Gasteiger partial charge < -0.3 is 16.0 Å². The van der Waals surface area contributed by atoms with Crippen LogP contribution in [-0.4, -0.2) is 44.0 Å². The summed E-state index contributed by atoms with van der Waals surface area (Å²) in [5, 5.41) is 3.10. The van der Waals surface area contributed by atoms with Gasteiger partial charge in [-0.2, -0.15) is 0 Å². The van der Waals surface area contributed by atoms with E-state index in [1.54, 1.807) is 0 Å². The van der Waals surface area contributed by atoms with Crippen molar-refractivity contribution in [3.05, 3.63) is 0 Å². The van der Waals surface area contributed by atoms with Gasteiger partial charge in [-0.05, 0) is 44.7 Å². The van der Waals surface area contributed by atoms with Crippen LogP contribution in [-0.2, 0) is 4.79 Å². The lowest BCUT2D eigenvalue weighted by molar-refractivity contribution is -0.127. The Hall–Kier alpha value is -0.610. The van der Waals surface area contributed by atoms with Crippen molar-refractivity contribution in [3.63, 3.8) is 0 Å². The van der Waals surface area contributed by atoms with Gasteiger partial charge in [0.15, 0.2) is 0 Å². The monoisotopic (exact) mass is 269 g/mol. The molecule has 1 fully saturated rings. The fourth-order valence-electron chi connectivity index (χ4n) is 3.08. The highest BCUT2D eigenvalue weighted by Gasteiger charge is 2.32. The van der Waals surface area contributed by atoms with Gasteiger partial charge in [0.2, 0.25) is 5.91 Å². The van der Waals surface area contributed by atoms with Crippen molar-refractivity contribution < 1.29 is 4.79 Å². The number of hydrogen-bond acceptors (Lipinski definition) is 3. The lowest BCUT2D eigenvalue weighted by atomic mass is 9.78. The first-order valence-electron chi connectivity index (χ1n) is 7.39. The first-order chi connectivity index (χ1) is 8.71. The van der Waals surface area contributed by atoms with Gasteiger partial charge in [0.25, 0.3) is 0 Å². The fraction of sp³-hybridized carbons (Fsp3) is 0.933. The molecular weight excluding hydrogens is 238 g/mol. The van der Waals surface area contributed by atoms with Gasteiger partial charge in [-0.25, -0.2) is 0 Å². The molecule has 1 saturated carbocycles. The summed E-state index contributed by atoms with van der Waals surface area (Å²) in [7, 11) is 4.12. The van der Waals surface area contributed by atoms with Gasteiger partial charge >= 0.3 is 0 Å². The van der Waals surface area contributed by atoms with E-state index in [2.05, 4.69) is 45.1 Å². The molecule has 1 aliphatic rings. The molecule has 0 aromatic heterocycles. The molecule has 4 nitrogen and oxygen atoms in total. The number of carbonyl (C=O) groups is 1. The molecule has 0 spiro atoms. The zero-order valence-corrected chi connectivity index (χ0v) is 13.2. The standard InChI is InChI=1S/C15H31N3O/c1-11-6-7-13(16)12(8-11)14(19)17-9-15(2,3)10-18(4)5/h11-13H,6-10,16H2,1-5H3,(H,17,19). The van der Waals surface area contributed by atoms with Crippen molar-refractivity contribution >= 4 is 5.91 Å². The molecule has 3 unspecified atom stereocenters. The highest BCUT2D eigenvalue weighted by molar-refractivity contribution is 5.79. The van der Waals surface area contributed by atoms with E-state index in [4.69, 9.17) is 5.73 Å². The number of nitrogens with two attached hydrogens (primary N) is 1. The molecule has 3 N–H and O–H groups in total. The quantitative estimate of drug-likeness (QED) is 0.794. The largest absolute Gasteiger partial charge is 0.355 e. The molecule has 4 heteroatoms. The first-order valence-corrected chi connectivity index (χ1v) is 7.39. The second-order valence-corrected chi connectivity index (χ2v) is 7.31. The van der Waals surface area contributed by atoms with Crippen molar-refractivity contribution in [1.82, 2.24) is 10.2 Å². The molecule has 0 aromatic rings. The molecule has 0 heterocycles. The number of hydrogen-bond donors (Lipinski definition) is 2. The van der Waals surface area contributed by atoms with Crippen LogP contribution in [0.1, 0.15) is 40.0 Å². The maximum atomic E-state index is 12.3. The number of amides is 1. The first kappa shape index (κ1) is 16.4. The highest BCUT2D eigenvalue weighted by atomic mass is 16.1. The van der Waals surface area contributed by atoms with E-state index < -0.39 is 0 Å². The molecule has 0 bridgehead atoms.